The van der Waals surface area contributed by atoms with Crippen molar-refractivity contribution in [3.05, 3.63) is 29.5 Å². The van der Waals surface area contributed by atoms with Gasteiger partial charge in [-0.3, -0.25) is 4.79 Å². The quantitative estimate of drug-likeness (QED) is 0.642. The maximum Gasteiger partial charge on any atom is 0.237 e. The van der Waals surface area contributed by atoms with Crippen LogP contribution >= 0.6 is 23.4 Å². The summed E-state index contributed by atoms with van der Waals surface area (Å²) in [4.78, 5) is 12.2. The fourth-order valence-corrected chi connectivity index (χ4v) is 2.46. The van der Waals surface area contributed by atoms with Crippen LogP contribution in [0.5, 0.6) is 5.75 Å². The first kappa shape index (κ1) is 15.5. The number of anilines is 1. The van der Waals surface area contributed by atoms with Crippen LogP contribution < -0.4 is 15.9 Å². The summed E-state index contributed by atoms with van der Waals surface area (Å²) in [5.41, 5.74) is 0.511. The minimum atomic E-state index is -0.416. The summed E-state index contributed by atoms with van der Waals surface area (Å²) >= 11 is 7.12. The minimum absolute atomic E-state index is 0.219. The van der Waals surface area contributed by atoms with Gasteiger partial charge in [-0.15, -0.1) is 10.2 Å². The third-order valence-electron chi connectivity index (χ3n) is 2.61. The van der Waals surface area contributed by atoms with Gasteiger partial charge in [-0.1, -0.05) is 23.4 Å². The van der Waals surface area contributed by atoms with Crippen molar-refractivity contribution in [1.29, 1.82) is 0 Å². The highest BCUT2D eigenvalue weighted by Gasteiger charge is 2.19. The van der Waals surface area contributed by atoms with Gasteiger partial charge in [0.25, 0.3) is 0 Å². The molecule has 0 aliphatic carbocycles. The molecule has 3 N–H and O–H groups in total. The topological polar surface area (TPSA) is 95.1 Å². The zero-order chi connectivity index (χ0) is 15.4. The molecule has 1 amide bonds. The molecule has 0 unspecified atom stereocenters. The van der Waals surface area contributed by atoms with E-state index < -0.39 is 5.25 Å². The Bertz CT molecular complexity index is 648. The number of benzene rings is 1. The number of carbonyl (C=O) groups is 1. The molecule has 7 nitrogen and oxygen atoms in total. The van der Waals surface area contributed by atoms with Crippen molar-refractivity contribution in [3.8, 4) is 5.75 Å². The van der Waals surface area contributed by atoms with Crippen molar-refractivity contribution in [2.45, 2.75) is 17.3 Å². The molecular weight excluding hydrogens is 314 g/mol. The van der Waals surface area contributed by atoms with Crippen LogP contribution in [-0.2, 0) is 4.79 Å². The molecule has 1 atom stereocenters. The first-order chi connectivity index (χ1) is 10.0. The molecule has 2 aromatic rings. The highest BCUT2D eigenvalue weighted by Crippen LogP contribution is 2.29. The molecule has 0 fully saturated rings. The zero-order valence-electron chi connectivity index (χ0n) is 11.4. The second-order valence-corrected chi connectivity index (χ2v) is 5.86. The van der Waals surface area contributed by atoms with Gasteiger partial charge in [0.1, 0.15) is 12.1 Å². The molecule has 1 heterocycles. The molecule has 2 rings (SSSR count). The van der Waals surface area contributed by atoms with Crippen LogP contribution in [0.4, 0.5) is 5.69 Å². The molecule has 0 bridgehead atoms. The number of carbonyl (C=O) groups excluding carboxylic acids is 1. The summed E-state index contributed by atoms with van der Waals surface area (Å²) in [5, 5.41) is 10.8. The van der Waals surface area contributed by atoms with Gasteiger partial charge in [0.2, 0.25) is 11.1 Å². The van der Waals surface area contributed by atoms with E-state index >= 15 is 0 Å². The molecule has 21 heavy (non-hydrogen) atoms. The van der Waals surface area contributed by atoms with Crippen molar-refractivity contribution < 1.29 is 9.53 Å². The third kappa shape index (κ3) is 3.79. The Morgan fingerprint density at radius 3 is 2.95 bits per heavy atom. The van der Waals surface area contributed by atoms with Crippen LogP contribution in [0.15, 0.2) is 29.7 Å². The number of hydrogen-bond donors (Lipinski definition) is 2. The maximum absolute atomic E-state index is 12.2. The molecule has 0 radical (unpaired) electrons. The summed E-state index contributed by atoms with van der Waals surface area (Å²) < 4.78 is 6.44. The lowest BCUT2D eigenvalue weighted by Gasteiger charge is -2.13. The van der Waals surface area contributed by atoms with Gasteiger partial charge in [-0.05, 0) is 25.1 Å². The number of methoxy groups -OCH3 is 1. The highest BCUT2D eigenvalue weighted by atomic mass is 35.5. The Morgan fingerprint density at radius 1 is 1.57 bits per heavy atom. The van der Waals surface area contributed by atoms with Crippen molar-refractivity contribution in [2.75, 3.05) is 18.3 Å². The number of rotatable bonds is 5. The van der Waals surface area contributed by atoms with Crippen LogP contribution in [0.3, 0.4) is 0 Å². The van der Waals surface area contributed by atoms with Gasteiger partial charge in [-0.25, -0.2) is 4.68 Å². The first-order valence-corrected chi connectivity index (χ1v) is 7.23. The second kappa shape index (κ2) is 6.68. The number of hydrogen-bond acceptors (Lipinski definition) is 6. The van der Waals surface area contributed by atoms with E-state index in [1.165, 1.54) is 29.9 Å². The average Bonchev–Trinajstić information content (AvgIpc) is 2.84. The van der Waals surface area contributed by atoms with Crippen LogP contribution in [0.1, 0.15) is 6.92 Å². The van der Waals surface area contributed by atoms with E-state index in [1.807, 2.05) is 0 Å². The Kier molecular flexibility index (Phi) is 4.92. The average molecular weight is 328 g/mol. The highest BCUT2D eigenvalue weighted by molar-refractivity contribution is 8.00. The monoisotopic (exact) mass is 327 g/mol. The number of halogens is 1. The second-order valence-electron chi connectivity index (χ2n) is 4.11. The largest absolute Gasteiger partial charge is 0.495 e. The van der Waals surface area contributed by atoms with Crippen LogP contribution in [0.25, 0.3) is 0 Å². The zero-order valence-corrected chi connectivity index (χ0v) is 13.0. The molecule has 0 saturated carbocycles. The van der Waals surface area contributed by atoms with E-state index in [0.717, 1.165) is 0 Å². The summed E-state index contributed by atoms with van der Waals surface area (Å²) in [6, 6.07) is 5.00. The number of aromatic nitrogens is 3. The molecule has 0 aliphatic rings. The molecule has 0 aliphatic heterocycles. The molecule has 1 aromatic heterocycles. The summed E-state index contributed by atoms with van der Waals surface area (Å²) in [5.74, 6) is 5.92. The van der Waals surface area contributed by atoms with Crippen molar-refractivity contribution in [2.24, 2.45) is 0 Å². The molecule has 0 saturated heterocycles. The fraction of sp³-hybridized carbons (Fsp3) is 0.250. The lowest BCUT2D eigenvalue weighted by Crippen LogP contribution is -2.23. The van der Waals surface area contributed by atoms with Crippen molar-refractivity contribution in [1.82, 2.24) is 14.9 Å². The number of nitrogens with two attached hydrogens (primary N) is 1. The van der Waals surface area contributed by atoms with Crippen molar-refractivity contribution in [3.63, 3.8) is 0 Å². The van der Waals surface area contributed by atoms with E-state index in [4.69, 9.17) is 22.2 Å². The van der Waals surface area contributed by atoms with Gasteiger partial charge in [-0.2, -0.15) is 0 Å². The Balaban J connectivity index is 2.07. The third-order valence-corrected chi connectivity index (χ3v) is 3.92. The normalized spacial score (nSPS) is 12.0. The lowest BCUT2D eigenvalue weighted by molar-refractivity contribution is -0.115. The number of amides is 1. The smallest absolute Gasteiger partial charge is 0.237 e. The van der Waals surface area contributed by atoms with E-state index in [-0.39, 0.29) is 5.91 Å². The van der Waals surface area contributed by atoms with E-state index in [0.29, 0.717) is 21.6 Å². The number of ether oxygens (including phenoxy) is 1. The number of nitrogens with zero attached hydrogens (tertiary/aromatic N) is 3. The molecule has 1 aromatic carbocycles. The maximum atomic E-state index is 12.2. The van der Waals surface area contributed by atoms with Crippen LogP contribution in [0.2, 0.25) is 5.02 Å². The number of nitrogens with one attached hydrogen (secondary N) is 1. The standard InChI is InChI=1S/C12H14ClN5O2S/c1-7(21-12-17-15-6-18(12)14)11(19)16-9-5-8(13)3-4-10(9)20-2/h3-7H,14H2,1-2H3,(H,16,19)/t7-/m0/s1. The van der Waals surface area contributed by atoms with Gasteiger partial charge < -0.3 is 15.9 Å². The lowest BCUT2D eigenvalue weighted by atomic mass is 10.3. The van der Waals surface area contributed by atoms with E-state index in [2.05, 4.69) is 15.5 Å². The Morgan fingerprint density at radius 2 is 2.33 bits per heavy atom. The van der Waals surface area contributed by atoms with Gasteiger partial charge >= 0.3 is 0 Å². The minimum Gasteiger partial charge on any atom is -0.495 e. The number of thioether (sulfide) groups is 1. The molecule has 112 valence electrons. The summed E-state index contributed by atoms with van der Waals surface area (Å²) in [7, 11) is 1.52. The summed E-state index contributed by atoms with van der Waals surface area (Å²) in [6.45, 7) is 1.74. The fourth-order valence-electron chi connectivity index (χ4n) is 1.54. The predicted octanol–water partition coefficient (Wildman–Crippen LogP) is 1.77. The van der Waals surface area contributed by atoms with E-state index in [9.17, 15) is 4.79 Å². The first-order valence-electron chi connectivity index (χ1n) is 5.97. The SMILES string of the molecule is COc1ccc(Cl)cc1NC(=O)[C@H](C)Sc1nncn1N. The molecule has 0 spiro atoms. The molecular formula is C12H14ClN5O2S. The Hall–Kier alpha value is -1.93. The van der Waals surface area contributed by atoms with Crippen molar-refractivity contribution >= 4 is 35.0 Å². The van der Waals surface area contributed by atoms with Crippen LogP contribution in [0, 0.1) is 0 Å². The Labute approximate surface area is 130 Å². The van der Waals surface area contributed by atoms with Gasteiger partial charge in [0.05, 0.1) is 18.0 Å². The van der Waals surface area contributed by atoms with Gasteiger partial charge in [0.15, 0.2) is 0 Å². The number of nitrogen functional groups attached to an aromatic ring is 1. The summed E-state index contributed by atoms with van der Waals surface area (Å²) in [6.07, 6.45) is 1.37. The predicted molar refractivity (Wildman–Crippen MR) is 82.1 cm³/mol. The molecule has 9 heteroatoms. The van der Waals surface area contributed by atoms with Crippen LogP contribution in [-0.4, -0.2) is 33.1 Å². The van der Waals surface area contributed by atoms with E-state index in [1.54, 1.807) is 25.1 Å². The van der Waals surface area contributed by atoms with Gasteiger partial charge in [0, 0.05) is 5.02 Å².